The van der Waals surface area contributed by atoms with Crippen LogP contribution in [-0.4, -0.2) is 36.4 Å². The third-order valence-corrected chi connectivity index (χ3v) is 3.90. The van der Waals surface area contributed by atoms with Crippen LogP contribution in [0.25, 0.3) is 11.4 Å². The summed E-state index contributed by atoms with van der Waals surface area (Å²) in [5, 5.41) is 9.98. The Kier molecular flexibility index (Phi) is 5.76. The second-order valence-electron chi connectivity index (χ2n) is 7.59. The van der Waals surface area contributed by atoms with Gasteiger partial charge in [0.2, 0.25) is 5.95 Å². The lowest BCUT2D eigenvalue weighted by Crippen LogP contribution is -2.32. The summed E-state index contributed by atoms with van der Waals surface area (Å²) in [5.41, 5.74) is 3.40. The summed E-state index contributed by atoms with van der Waals surface area (Å²) in [4.78, 5) is 25.2. The van der Waals surface area contributed by atoms with Crippen molar-refractivity contribution in [1.82, 2.24) is 30.0 Å². The van der Waals surface area contributed by atoms with Crippen molar-refractivity contribution >= 4 is 17.7 Å². The minimum atomic E-state index is -0.532. The number of carbonyl (C=O) groups excluding carboxylic acids is 1. The standard InChI is InChI=1S/C20H25N7O2/c1-13-14(10-22-19(28)29-20(2,3)4)6-7-16(24-13)17-8-9-21-18(26-17)25-15-11-23-27(5)12-15/h6-9,11-12H,10H2,1-5H3,(H,22,28)(H,21,25,26). The number of aryl methyl sites for hydroxylation is 2. The van der Waals surface area contributed by atoms with Crippen LogP contribution < -0.4 is 10.6 Å². The van der Waals surface area contributed by atoms with Crippen molar-refractivity contribution in [1.29, 1.82) is 0 Å². The van der Waals surface area contributed by atoms with Crippen molar-refractivity contribution in [2.24, 2.45) is 7.05 Å². The van der Waals surface area contributed by atoms with Gasteiger partial charge >= 0.3 is 6.09 Å². The molecule has 0 radical (unpaired) electrons. The van der Waals surface area contributed by atoms with Gasteiger partial charge in [0, 0.05) is 31.7 Å². The molecule has 9 nitrogen and oxygen atoms in total. The summed E-state index contributed by atoms with van der Waals surface area (Å²) in [6, 6.07) is 5.59. The molecule has 0 saturated heterocycles. The molecule has 2 N–H and O–H groups in total. The molecule has 9 heteroatoms. The van der Waals surface area contributed by atoms with E-state index in [4.69, 9.17) is 4.74 Å². The molecule has 0 atom stereocenters. The molecule has 3 aromatic rings. The first-order valence-electron chi connectivity index (χ1n) is 9.22. The first-order valence-corrected chi connectivity index (χ1v) is 9.22. The van der Waals surface area contributed by atoms with Crippen molar-refractivity contribution in [3.05, 3.63) is 48.0 Å². The minimum absolute atomic E-state index is 0.339. The van der Waals surface area contributed by atoms with Crippen molar-refractivity contribution in [3.63, 3.8) is 0 Å². The average Bonchev–Trinajstić information content (AvgIpc) is 3.04. The lowest BCUT2D eigenvalue weighted by molar-refractivity contribution is 0.0523. The Morgan fingerprint density at radius 2 is 1.93 bits per heavy atom. The van der Waals surface area contributed by atoms with Crippen LogP contribution in [0.4, 0.5) is 16.4 Å². The maximum absolute atomic E-state index is 11.8. The quantitative estimate of drug-likeness (QED) is 0.682. The van der Waals surface area contributed by atoms with E-state index in [1.807, 2.05) is 53.1 Å². The zero-order valence-electron chi connectivity index (χ0n) is 17.2. The monoisotopic (exact) mass is 395 g/mol. The highest BCUT2D eigenvalue weighted by molar-refractivity contribution is 5.67. The van der Waals surface area contributed by atoms with Gasteiger partial charge in [-0.1, -0.05) is 6.07 Å². The fourth-order valence-corrected chi connectivity index (χ4v) is 2.58. The Morgan fingerprint density at radius 1 is 1.17 bits per heavy atom. The Hall–Kier alpha value is -3.49. The van der Waals surface area contributed by atoms with Gasteiger partial charge in [0.1, 0.15) is 5.60 Å². The van der Waals surface area contributed by atoms with Gasteiger partial charge in [-0.15, -0.1) is 0 Å². The van der Waals surface area contributed by atoms with Gasteiger partial charge in [-0.05, 0) is 45.4 Å². The molecule has 0 aliphatic rings. The lowest BCUT2D eigenvalue weighted by Gasteiger charge is -2.19. The van der Waals surface area contributed by atoms with Gasteiger partial charge in [-0.25, -0.2) is 14.8 Å². The number of anilines is 2. The molecule has 1 amide bonds. The summed E-state index contributed by atoms with van der Waals surface area (Å²) in [6.45, 7) is 7.71. The van der Waals surface area contributed by atoms with Crippen LogP contribution in [-0.2, 0) is 18.3 Å². The van der Waals surface area contributed by atoms with Crippen LogP contribution in [0.5, 0.6) is 0 Å². The lowest BCUT2D eigenvalue weighted by atomic mass is 10.1. The van der Waals surface area contributed by atoms with Gasteiger partial charge in [-0.2, -0.15) is 5.10 Å². The third-order valence-electron chi connectivity index (χ3n) is 3.90. The molecular weight excluding hydrogens is 370 g/mol. The Balaban J connectivity index is 1.69. The van der Waals surface area contributed by atoms with Crippen molar-refractivity contribution < 1.29 is 9.53 Å². The van der Waals surface area contributed by atoms with Gasteiger partial charge in [0.25, 0.3) is 0 Å². The number of pyridine rings is 1. The number of aromatic nitrogens is 5. The number of carbonyl (C=O) groups is 1. The molecular formula is C20H25N7O2. The first-order chi connectivity index (χ1) is 13.7. The van der Waals surface area contributed by atoms with Crippen molar-refractivity contribution in [3.8, 4) is 11.4 Å². The molecule has 0 spiro atoms. The Labute approximate surface area is 169 Å². The fraction of sp³-hybridized carbons (Fsp3) is 0.350. The molecule has 0 fully saturated rings. The number of ether oxygens (including phenoxy) is 1. The summed E-state index contributed by atoms with van der Waals surface area (Å²) in [5.74, 6) is 0.464. The second kappa shape index (κ2) is 8.26. The highest BCUT2D eigenvalue weighted by Gasteiger charge is 2.16. The maximum atomic E-state index is 11.8. The van der Waals surface area contributed by atoms with Gasteiger partial charge < -0.3 is 15.4 Å². The summed E-state index contributed by atoms with van der Waals surface area (Å²) >= 11 is 0. The Bertz CT molecular complexity index is 1010. The Morgan fingerprint density at radius 3 is 2.59 bits per heavy atom. The number of hydrogen-bond acceptors (Lipinski definition) is 7. The molecule has 0 bridgehead atoms. The van der Waals surface area contributed by atoms with Crippen LogP contribution in [0.1, 0.15) is 32.0 Å². The predicted octanol–water partition coefficient (Wildman–Crippen LogP) is 3.35. The van der Waals surface area contributed by atoms with E-state index in [2.05, 4.69) is 30.7 Å². The van der Waals surface area contributed by atoms with Crippen LogP contribution in [0.2, 0.25) is 0 Å². The molecule has 0 unspecified atom stereocenters. The third kappa shape index (κ3) is 5.74. The molecule has 0 aliphatic carbocycles. The van der Waals surface area contributed by atoms with Crippen molar-refractivity contribution in [2.75, 3.05) is 5.32 Å². The fourth-order valence-electron chi connectivity index (χ4n) is 2.58. The van der Waals surface area contributed by atoms with E-state index in [-0.39, 0.29) is 0 Å². The molecule has 3 aromatic heterocycles. The molecule has 0 aliphatic heterocycles. The zero-order chi connectivity index (χ0) is 21.0. The highest BCUT2D eigenvalue weighted by Crippen LogP contribution is 2.19. The normalized spacial score (nSPS) is 11.2. The van der Waals surface area contributed by atoms with Crippen LogP contribution >= 0.6 is 0 Å². The van der Waals surface area contributed by atoms with E-state index in [0.29, 0.717) is 18.2 Å². The van der Waals surface area contributed by atoms with E-state index in [1.54, 1.807) is 23.1 Å². The number of amides is 1. The molecule has 152 valence electrons. The molecule has 29 heavy (non-hydrogen) atoms. The van der Waals surface area contributed by atoms with E-state index in [9.17, 15) is 4.79 Å². The zero-order valence-corrected chi connectivity index (χ0v) is 17.2. The van der Waals surface area contributed by atoms with Crippen LogP contribution in [0.15, 0.2) is 36.8 Å². The average molecular weight is 395 g/mol. The maximum Gasteiger partial charge on any atom is 0.407 e. The SMILES string of the molecule is Cc1nc(-c2ccnc(Nc3cnn(C)c3)n2)ccc1CNC(=O)OC(C)(C)C. The minimum Gasteiger partial charge on any atom is -0.444 e. The predicted molar refractivity (Wildman–Crippen MR) is 110 cm³/mol. The van der Waals surface area contributed by atoms with Gasteiger partial charge in [0.15, 0.2) is 0 Å². The van der Waals surface area contributed by atoms with E-state index in [0.717, 1.165) is 22.6 Å². The molecule has 3 heterocycles. The van der Waals surface area contributed by atoms with Gasteiger partial charge in [0.05, 0.1) is 23.3 Å². The van der Waals surface area contributed by atoms with Crippen LogP contribution in [0.3, 0.4) is 0 Å². The smallest absolute Gasteiger partial charge is 0.407 e. The van der Waals surface area contributed by atoms with E-state index in [1.165, 1.54) is 0 Å². The number of nitrogens with one attached hydrogen (secondary N) is 2. The van der Waals surface area contributed by atoms with E-state index >= 15 is 0 Å². The second-order valence-corrected chi connectivity index (χ2v) is 7.59. The molecule has 3 rings (SSSR count). The number of nitrogens with zero attached hydrogens (tertiary/aromatic N) is 5. The summed E-state index contributed by atoms with van der Waals surface area (Å²) < 4.78 is 6.95. The van der Waals surface area contributed by atoms with E-state index < -0.39 is 11.7 Å². The van der Waals surface area contributed by atoms with Crippen molar-refractivity contribution in [2.45, 2.75) is 39.8 Å². The number of alkyl carbamates (subject to hydrolysis) is 1. The number of rotatable bonds is 5. The largest absolute Gasteiger partial charge is 0.444 e. The highest BCUT2D eigenvalue weighted by atomic mass is 16.6. The summed E-state index contributed by atoms with van der Waals surface area (Å²) in [6.07, 6.45) is 4.76. The summed E-state index contributed by atoms with van der Waals surface area (Å²) in [7, 11) is 1.84. The van der Waals surface area contributed by atoms with Gasteiger partial charge in [-0.3, -0.25) is 9.67 Å². The molecule has 0 saturated carbocycles. The first kappa shape index (κ1) is 20.2. The van der Waals surface area contributed by atoms with Crippen LogP contribution in [0, 0.1) is 6.92 Å². The topological polar surface area (TPSA) is 107 Å². The number of hydrogen-bond donors (Lipinski definition) is 2. The molecule has 0 aromatic carbocycles.